The Balaban J connectivity index is 2.31. The number of esters is 1. The van der Waals surface area contributed by atoms with Gasteiger partial charge >= 0.3 is 5.97 Å². The lowest BCUT2D eigenvalue weighted by Gasteiger charge is -2.15. The summed E-state index contributed by atoms with van der Waals surface area (Å²) in [6.45, 7) is 3.32. The van der Waals surface area contributed by atoms with Gasteiger partial charge in [-0.05, 0) is 56.3 Å². The topological polar surface area (TPSA) is 111 Å². The zero-order valence-electron chi connectivity index (χ0n) is 16.1. The Morgan fingerprint density at radius 1 is 1.14 bits per heavy atom. The smallest absolute Gasteiger partial charge is 0.328 e. The van der Waals surface area contributed by atoms with Gasteiger partial charge in [-0.25, -0.2) is 13.2 Å². The van der Waals surface area contributed by atoms with Crippen LogP contribution in [0.1, 0.15) is 24.2 Å². The van der Waals surface area contributed by atoms with Crippen molar-refractivity contribution in [1.82, 2.24) is 5.32 Å². The first-order valence-corrected chi connectivity index (χ1v) is 10.9. The van der Waals surface area contributed by atoms with E-state index in [1.165, 1.54) is 32.2 Å². The third-order valence-electron chi connectivity index (χ3n) is 3.80. The molecule has 0 saturated carbocycles. The molecule has 0 spiro atoms. The van der Waals surface area contributed by atoms with Crippen LogP contribution >= 0.6 is 15.9 Å². The highest BCUT2D eigenvalue weighted by Crippen LogP contribution is 2.27. The molecule has 2 aromatic carbocycles. The number of hydrogen-bond acceptors (Lipinski definition) is 6. The second-order valence-corrected chi connectivity index (χ2v) is 8.49. The van der Waals surface area contributed by atoms with Gasteiger partial charge in [-0.2, -0.15) is 0 Å². The van der Waals surface area contributed by atoms with Gasteiger partial charge in [0.1, 0.15) is 16.7 Å². The first kappa shape index (κ1) is 22.7. The lowest BCUT2D eigenvalue weighted by Crippen LogP contribution is -2.39. The fraction of sp³-hybridized carbons (Fsp3) is 0.263. The standard InChI is InChI=1S/C19H21BrN2O6S/c1-4-28-19(24)12(2)21-18(23)13-5-10-16(27-3)17(11-13)29(25,26)22-15-8-6-14(20)7-9-15/h5-12,22H,4H2,1-3H3,(H,21,23). The van der Waals surface area contributed by atoms with Crippen molar-refractivity contribution in [3.8, 4) is 5.75 Å². The SMILES string of the molecule is CCOC(=O)C(C)NC(=O)c1ccc(OC)c(S(=O)(=O)Nc2ccc(Br)cc2)c1. The molecule has 156 valence electrons. The van der Waals surface area contributed by atoms with Gasteiger partial charge < -0.3 is 14.8 Å². The lowest BCUT2D eigenvalue weighted by atomic mass is 10.2. The van der Waals surface area contributed by atoms with E-state index in [1.54, 1.807) is 31.2 Å². The number of ether oxygens (including phenoxy) is 2. The average molecular weight is 485 g/mol. The van der Waals surface area contributed by atoms with Gasteiger partial charge in [0, 0.05) is 15.7 Å². The maximum absolute atomic E-state index is 12.8. The molecule has 0 aliphatic carbocycles. The van der Waals surface area contributed by atoms with Crippen molar-refractivity contribution in [2.75, 3.05) is 18.4 Å². The van der Waals surface area contributed by atoms with Crippen molar-refractivity contribution in [2.45, 2.75) is 24.8 Å². The van der Waals surface area contributed by atoms with Crippen molar-refractivity contribution >= 4 is 43.5 Å². The highest BCUT2D eigenvalue weighted by molar-refractivity contribution is 9.10. The molecule has 1 unspecified atom stereocenters. The van der Waals surface area contributed by atoms with Crippen molar-refractivity contribution in [3.05, 3.63) is 52.5 Å². The molecule has 2 aromatic rings. The molecule has 0 aliphatic heterocycles. The number of hydrogen-bond donors (Lipinski definition) is 2. The molecule has 0 bridgehead atoms. The summed E-state index contributed by atoms with van der Waals surface area (Å²) < 4.78 is 38.9. The molecule has 2 rings (SSSR count). The summed E-state index contributed by atoms with van der Waals surface area (Å²) in [6, 6.07) is 9.64. The quantitative estimate of drug-likeness (QED) is 0.557. The lowest BCUT2D eigenvalue weighted by molar-refractivity contribution is -0.144. The number of carbonyl (C=O) groups excluding carboxylic acids is 2. The molecule has 1 amide bonds. The summed E-state index contributed by atoms with van der Waals surface area (Å²) in [7, 11) is -2.71. The van der Waals surface area contributed by atoms with Crippen molar-refractivity contribution in [1.29, 1.82) is 0 Å². The van der Waals surface area contributed by atoms with Crippen LogP contribution in [0.4, 0.5) is 5.69 Å². The van der Waals surface area contributed by atoms with Crippen molar-refractivity contribution in [2.24, 2.45) is 0 Å². The number of methoxy groups -OCH3 is 1. The third-order valence-corrected chi connectivity index (χ3v) is 5.73. The van der Waals surface area contributed by atoms with E-state index in [0.29, 0.717) is 5.69 Å². The van der Waals surface area contributed by atoms with Crippen LogP contribution in [0, 0.1) is 0 Å². The molecule has 0 aromatic heterocycles. The summed E-state index contributed by atoms with van der Waals surface area (Å²) >= 11 is 3.28. The second kappa shape index (κ2) is 9.75. The molecule has 29 heavy (non-hydrogen) atoms. The number of benzene rings is 2. The average Bonchev–Trinajstić information content (AvgIpc) is 2.69. The number of carbonyl (C=O) groups is 2. The Kier molecular flexibility index (Phi) is 7.63. The van der Waals surface area contributed by atoms with Crippen LogP contribution in [-0.2, 0) is 19.6 Å². The maximum Gasteiger partial charge on any atom is 0.328 e. The summed E-state index contributed by atoms with van der Waals surface area (Å²) in [5.41, 5.74) is 0.402. The molecule has 0 saturated heterocycles. The van der Waals surface area contributed by atoms with E-state index in [0.717, 1.165) is 4.47 Å². The monoisotopic (exact) mass is 484 g/mol. The van der Waals surface area contributed by atoms with Crippen LogP contribution in [-0.4, -0.2) is 40.1 Å². The Morgan fingerprint density at radius 2 is 1.79 bits per heavy atom. The van der Waals surface area contributed by atoms with Crippen LogP contribution < -0.4 is 14.8 Å². The van der Waals surface area contributed by atoms with Crippen LogP contribution in [0.2, 0.25) is 0 Å². The first-order valence-electron chi connectivity index (χ1n) is 8.62. The van der Waals surface area contributed by atoms with Crippen LogP contribution in [0.25, 0.3) is 0 Å². The number of anilines is 1. The minimum absolute atomic E-state index is 0.0538. The molecule has 0 fully saturated rings. The summed E-state index contributed by atoms with van der Waals surface area (Å²) in [6.07, 6.45) is 0. The van der Waals surface area contributed by atoms with Crippen molar-refractivity contribution in [3.63, 3.8) is 0 Å². The Labute approximate surface area is 177 Å². The molecule has 8 nitrogen and oxygen atoms in total. The van der Waals surface area contributed by atoms with E-state index in [9.17, 15) is 18.0 Å². The number of amides is 1. The predicted octanol–water partition coefficient (Wildman–Crippen LogP) is 2.94. The van der Waals surface area contributed by atoms with Gasteiger partial charge in [-0.3, -0.25) is 9.52 Å². The maximum atomic E-state index is 12.8. The van der Waals surface area contributed by atoms with Gasteiger partial charge in [0.25, 0.3) is 15.9 Å². The molecule has 0 heterocycles. The van der Waals surface area contributed by atoms with E-state index >= 15 is 0 Å². The van der Waals surface area contributed by atoms with E-state index < -0.39 is 27.9 Å². The largest absolute Gasteiger partial charge is 0.495 e. The number of rotatable bonds is 8. The van der Waals surface area contributed by atoms with Gasteiger partial charge in [0.2, 0.25) is 0 Å². The van der Waals surface area contributed by atoms with Gasteiger partial charge in [-0.1, -0.05) is 15.9 Å². The van der Waals surface area contributed by atoms with Crippen molar-refractivity contribution < 1.29 is 27.5 Å². The van der Waals surface area contributed by atoms with Crippen LogP contribution in [0.3, 0.4) is 0 Å². The molecule has 0 aliphatic rings. The second-order valence-electron chi connectivity index (χ2n) is 5.93. The van der Waals surface area contributed by atoms with E-state index in [2.05, 4.69) is 26.0 Å². The minimum Gasteiger partial charge on any atom is -0.495 e. The highest BCUT2D eigenvalue weighted by atomic mass is 79.9. The van der Waals surface area contributed by atoms with Gasteiger partial charge in [0.05, 0.1) is 13.7 Å². The molecule has 10 heteroatoms. The molecular weight excluding hydrogens is 464 g/mol. The van der Waals surface area contributed by atoms with Crippen LogP contribution in [0.15, 0.2) is 51.8 Å². The fourth-order valence-corrected chi connectivity index (χ4v) is 3.88. The van der Waals surface area contributed by atoms with Crippen LogP contribution in [0.5, 0.6) is 5.75 Å². The molecule has 2 N–H and O–H groups in total. The van der Waals surface area contributed by atoms with Gasteiger partial charge in [0.15, 0.2) is 0 Å². The number of nitrogens with one attached hydrogen (secondary N) is 2. The summed E-state index contributed by atoms with van der Waals surface area (Å²) in [5.74, 6) is -1.13. The Bertz CT molecular complexity index is 992. The zero-order valence-corrected chi connectivity index (χ0v) is 18.5. The van der Waals surface area contributed by atoms with E-state index in [1.807, 2.05) is 0 Å². The number of halogens is 1. The van der Waals surface area contributed by atoms with E-state index in [4.69, 9.17) is 9.47 Å². The highest BCUT2D eigenvalue weighted by Gasteiger charge is 2.23. The molecule has 1 atom stereocenters. The fourth-order valence-electron chi connectivity index (χ4n) is 2.36. The zero-order chi connectivity index (χ0) is 21.6. The summed E-state index contributed by atoms with van der Waals surface area (Å²) in [4.78, 5) is 23.9. The third kappa shape index (κ3) is 5.94. The first-order chi connectivity index (χ1) is 13.7. The van der Waals surface area contributed by atoms with E-state index in [-0.39, 0.29) is 22.8 Å². The molecule has 0 radical (unpaired) electrons. The summed E-state index contributed by atoms with van der Waals surface area (Å²) in [5, 5.41) is 2.48. The predicted molar refractivity (Wildman–Crippen MR) is 112 cm³/mol. The molecular formula is C19H21BrN2O6S. The Hall–Kier alpha value is -2.59. The minimum atomic E-state index is -4.04. The number of sulfonamides is 1. The Morgan fingerprint density at radius 3 is 2.38 bits per heavy atom. The normalized spacial score (nSPS) is 12.0. The van der Waals surface area contributed by atoms with Gasteiger partial charge in [-0.15, -0.1) is 0 Å².